The van der Waals surface area contributed by atoms with E-state index in [2.05, 4.69) is 21.9 Å². The van der Waals surface area contributed by atoms with E-state index in [0.717, 1.165) is 62.2 Å². The number of hydrogen-bond donors (Lipinski definition) is 0. The predicted molar refractivity (Wildman–Crippen MR) is 102 cm³/mol. The molecule has 0 aromatic heterocycles. The van der Waals surface area contributed by atoms with E-state index >= 15 is 0 Å². The molecule has 3 saturated heterocycles. The largest absolute Gasteiger partial charge is 0.378 e. The number of hydrogen-bond acceptors (Lipinski definition) is 6. The molecular weight excluding hydrogens is 368 g/mol. The molecule has 3 heterocycles. The van der Waals surface area contributed by atoms with Gasteiger partial charge >= 0.3 is 0 Å². The summed E-state index contributed by atoms with van der Waals surface area (Å²) in [6.45, 7) is 7.05. The summed E-state index contributed by atoms with van der Waals surface area (Å²) in [6.07, 6.45) is 0.675. The van der Waals surface area contributed by atoms with E-state index in [1.807, 2.05) is 11.1 Å². The van der Waals surface area contributed by atoms with Crippen LogP contribution in [-0.4, -0.2) is 79.2 Å². The van der Waals surface area contributed by atoms with E-state index in [4.69, 9.17) is 16.3 Å². The molecule has 0 N–H and O–H groups in total. The first kappa shape index (κ1) is 18.7. The first-order chi connectivity index (χ1) is 13.1. The Bertz CT molecular complexity index is 699. The van der Waals surface area contributed by atoms with Gasteiger partial charge in [-0.15, -0.1) is 0 Å². The third kappa shape index (κ3) is 4.11. The lowest BCUT2D eigenvalue weighted by Crippen LogP contribution is -2.55. The van der Waals surface area contributed by atoms with Crippen LogP contribution in [0, 0.1) is 0 Å². The molecule has 3 aliphatic rings. The first-order valence-electron chi connectivity index (χ1n) is 9.56. The van der Waals surface area contributed by atoms with Crippen molar-refractivity contribution in [1.82, 2.24) is 14.9 Å². The number of piperazine rings is 1. The van der Waals surface area contributed by atoms with Crippen molar-refractivity contribution >= 4 is 29.1 Å². The predicted octanol–water partition coefficient (Wildman–Crippen LogP) is 1.36. The van der Waals surface area contributed by atoms with Crippen molar-refractivity contribution in [3.05, 3.63) is 28.8 Å². The summed E-state index contributed by atoms with van der Waals surface area (Å²) in [6, 6.07) is 6.28. The van der Waals surface area contributed by atoms with Crippen LogP contribution >= 0.6 is 11.6 Å². The molecule has 0 unspecified atom stereocenters. The fraction of sp³-hybridized carbons (Fsp3) is 0.579. The SMILES string of the molecule is O=C1CCC(=O)N1N1CCN(Cc2ccc(N3CCOCC3)cc2Cl)CC1. The van der Waals surface area contributed by atoms with Gasteiger partial charge in [-0.05, 0) is 17.7 Å². The van der Waals surface area contributed by atoms with Crippen LogP contribution in [0.25, 0.3) is 0 Å². The molecule has 1 aromatic carbocycles. The van der Waals surface area contributed by atoms with E-state index in [-0.39, 0.29) is 11.8 Å². The number of rotatable bonds is 4. The highest BCUT2D eigenvalue weighted by Gasteiger charge is 2.35. The highest BCUT2D eigenvalue weighted by Crippen LogP contribution is 2.26. The number of imide groups is 1. The van der Waals surface area contributed by atoms with Crippen molar-refractivity contribution in [3.63, 3.8) is 0 Å². The van der Waals surface area contributed by atoms with Crippen LogP contribution in [0.2, 0.25) is 5.02 Å². The van der Waals surface area contributed by atoms with Gasteiger partial charge in [0.05, 0.1) is 13.2 Å². The minimum absolute atomic E-state index is 0.0739. The molecule has 0 bridgehead atoms. The summed E-state index contributed by atoms with van der Waals surface area (Å²) >= 11 is 6.55. The maximum Gasteiger partial charge on any atom is 0.244 e. The van der Waals surface area contributed by atoms with Crippen molar-refractivity contribution < 1.29 is 14.3 Å². The minimum Gasteiger partial charge on any atom is -0.378 e. The van der Waals surface area contributed by atoms with Gasteiger partial charge in [-0.1, -0.05) is 17.7 Å². The van der Waals surface area contributed by atoms with Crippen LogP contribution in [-0.2, 0) is 20.9 Å². The van der Waals surface area contributed by atoms with Crippen LogP contribution in [0.5, 0.6) is 0 Å². The van der Waals surface area contributed by atoms with E-state index in [0.29, 0.717) is 25.9 Å². The summed E-state index contributed by atoms with van der Waals surface area (Å²) in [4.78, 5) is 28.4. The fourth-order valence-corrected chi connectivity index (χ4v) is 4.13. The molecule has 0 aliphatic carbocycles. The Labute approximate surface area is 164 Å². The van der Waals surface area contributed by atoms with E-state index in [1.54, 1.807) is 0 Å². The lowest BCUT2D eigenvalue weighted by molar-refractivity contribution is -0.160. The number of hydrazine groups is 1. The number of anilines is 1. The standard InChI is InChI=1S/C19H25ClN4O3/c20-17-13-16(22-9-11-27-12-10-22)2-1-15(17)14-21-5-7-23(8-6-21)24-18(25)3-4-19(24)26/h1-2,13H,3-12,14H2. The second-order valence-electron chi connectivity index (χ2n) is 7.20. The molecule has 0 atom stereocenters. The maximum atomic E-state index is 11.9. The molecule has 7 nitrogen and oxygen atoms in total. The third-order valence-electron chi connectivity index (χ3n) is 5.46. The van der Waals surface area contributed by atoms with Crippen molar-refractivity contribution in [2.75, 3.05) is 57.4 Å². The number of benzene rings is 1. The van der Waals surface area contributed by atoms with Gasteiger partial charge in [-0.25, -0.2) is 10.0 Å². The van der Waals surface area contributed by atoms with Crippen molar-refractivity contribution in [2.24, 2.45) is 0 Å². The Balaban J connectivity index is 1.33. The number of ether oxygens (including phenoxy) is 1. The molecule has 0 radical (unpaired) electrons. The lowest BCUT2D eigenvalue weighted by atomic mass is 10.1. The Morgan fingerprint density at radius 2 is 1.59 bits per heavy atom. The molecule has 3 aliphatic heterocycles. The number of morpholine rings is 1. The maximum absolute atomic E-state index is 11.9. The molecule has 1 aromatic rings. The zero-order chi connectivity index (χ0) is 18.8. The second-order valence-corrected chi connectivity index (χ2v) is 7.61. The zero-order valence-corrected chi connectivity index (χ0v) is 16.2. The average molecular weight is 393 g/mol. The Morgan fingerprint density at radius 1 is 0.926 bits per heavy atom. The highest BCUT2D eigenvalue weighted by atomic mass is 35.5. The monoisotopic (exact) mass is 392 g/mol. The molecule has 0 spiro atoms. The topological polar surface area (TPSA) is 56.3 Å². The number of nitrogens with zero attached hydrogens (tertiary/aromatic N) is 4. The zero-order valence-electron chi connectivity index (χ0n) is 15.4. The summed E-state index contributed by atoms with van der Waals surface area (Å²) in [7, 11) is 0. The number of halogens is 1. The van der Waals surface area contributed by atoms with Crippen molar-refractivity contribution in [3.8, 4) is 0 Å². The fourth-order valence-electron chi connectivity index (χ4n) is 3.90. The van der Waals surface area contributed by atoms with E-state index in [9.17, 15) is 9.59 Å². The second kappa shape index (κ2) is 8.14. The lowest BCUT2D eigenvalue weighted by Gasteiger charge is -2.38. The Hall–Kier alpha value is -1.67. The summed E-state index contributed by atoms with van der Waals surface area (Å²) < 4.78 is 5.40. The molecule has 2 amide bonds. The van der Waals surface area contributed by atoms with Crippen LogP contribution in [0.15, 0.2) is 18.2 Å². The van der Waals surface area contributed by atoms with Gasteiger partial charge in [0.1, 0.15) is 0 Å². The van der Waals surface area contributed by atoms with Gasteiger partial charge in [0.15, 0.2) is 0 Å². The normalized spacial score (nSPS) is 22.7. The molecule has 0 saturated carbocycles. The quantitative estimate of drug-likeness (QED) is 0.721. The van der Waals surface area contributed by atoms with Crippen molar-refractivity contribution in [1.29, 1.82) is 0 Å². The molecule has 4 rings (SSSR count). The average Bonchev–Trinajstić information content (AvgIpc) is 3.03. The highest BCUT2D eigenvalue weighted by molar-refractivity contribution is 6.31. The van der Waals surface area contributed by atoms with Crippen LogP contribution in [0.4, 0.5) is 5.69 Å². The van der Waals surface area contributed by atoms with Gasteiger partial charge in [0, 0.05) is 69.4 Å². The molecule has 3 fully saturated rings. The minimum atomic E-state index is -0.0739. The van der Waals surface area contributed by atoms with E-state index < -0.39 is 0 Å². The summed E-state index contributed by atoms with van der Waals surface area (Å²) in [5.74, 6) is -0.148. The Kier molecular flexibility index (Phi) is 5.63. The summed E-state index contributed by atoms with van der Waals surface area (Å²) in [5.41, 5.74) is 2.25. The summed E-state index contributed by atoms with van der Waals surface area (Å²) in [5, 5.41) is 4.02. The van der Waals surface area contributed by atoms with Crippen LogP contribution < -0.4 is 4.90 Å². The molecule has 27 heavy (non-hydrogen) atoms. The van der Waals surface area contributed by atoms with Gasteiger partial charge in [-0.2, -0.15) is 0 Å². The Morgan fingerprint density at radius 3 is 2.22 bits per heavy atom. The molecule has 146 valence electrons. The van der Waals surface area contributed by atoms with Gasteiger partial charge in [-0.3, -0.25) is 14.5 Å². The first-order valence-corrected chi connectivity index (χ1v) is 9.94. The van der Waals surface area contributed by atoms with Crippen molar-refractivity contribution in [2.45, 2.75) is 19.4 Å². The third-order valence-corrected chi connectivity index (χ3v) is 5.82. The smallest absolute Gasteiger partial charge is 0.244 e. The van der Waals surface area contributed by atoms with Gasteiger partial charge in [0.2, 0.25) is 11.8 Å². The van der Waals surface area contributed by atoms with Crippen LogP contribution in [0.1, 0.15) is 18.4 Å². The van der Waals surface area contributed by atoms with Crippen LogP contribution in [0.3, 0.4) is 0 Å². The molecular formula is C19H25ClN4O3. The molecule has 8 heteroatoms. The number of carbonyl (C=O) groups is 2. The van der Waals surface area contributed by atoms with Gasteiger partial charge in [0.25, 0.3) is 0 Å². The van der Waals surface area contributed by atoms with E-state index in [1.165, 1.54) is 5.01 Å². The van der Waals surface area contributed by atoms with Gasteiger partial charge < -0.3 is 9.64 Å². The number of amides is 2. The number of carbonyl (C=O) groups excluding carboxylic acids is 2.